The van der Waals surface area contributed by atoms with Crippen molar-refractivity contribution in [1.29, 1.82) is 0 Å². The Kier molecular flexibility index (Phi) is 2.71. The van der Waals surface area contributed by atoms with Crippen LogP contribution in [0.5, 0.6) is 0 Å². The van der Waals surface area contributed by atoms with E-state index in [2.05, 4.69) is 17.1 Å². The quantitative estimate of drug-likeness (QED) is 0.758. The largest absolute Gasteiger partial charge is 0.294 e. The number of aryl methyl sites for hydroxylation is 2. The fraction of sp³-hybridized carbons (Fsp3) is 0.250. The van der Waals surface area contributed by atoms with Crippen LogP contribution in [0.3, 0.4) is 0 Å². The topological polar surface area (TPSA) is 30.0 Å². The van der Waals surface area contributed by atoms with E-state index in [4.69, 9.17) is 0 Å². The summed E-state index contributed by atoms with van der Waals surface area (Å²) in [6, 6.07) is 12.2. The molecular weight excluding hydrogens is 222 g/mol. The fourth-order valence-electron chi connectivity index (χ4n) is 2.60. The molecule has 0 amide bonds. The lowest BCUT2D eigenvalue weighted by molar-refractivity contribution is 0.0971. The third kappa shape index (κ3) is 1.84. The number of Topliss-reactive ketones (excluding diaryl/α,β-unsaturated/α-hetero) is 1. The number of carbonyl (C=O) groups excluding carboxylic acids is 1. The minimum absolute atomic E-state index is 0.251. The van der Waals surface area contributed by atoms with Crippen LogP contribution in [-0.2, 0) is 6.42 Å². The van der Waals surface area contributed by atoms with Crippen molar-refractivity contribution >= 4 is 5.78 Å². The molecule has 1 aliphatic carbocycles. The molecule has 0 saturated heterocycles. The predicted molar refractivity (Wildman–Crippen MR) is 71.7 cm³/mol. The molecule has 1 aromatic carbocycles. The minimum atomic E-state index is 0.251. The Balaban J connectivity index is 2.15. The van der Waals surface area contributed by atoms with Crippen molar-refractivity contribution < 1.29 is 4.79 Å². The summed E-state index contributed by atoms with van der Waals surface area (Å²) in [4.78, 5) is 16.6. The number of hydrogen-bond donors (Lipinski definition) is 0. The van der Waals surface area contributed by atoms with Crippen LogP contribution < -0.4 is 0 Å². The molecule has 0 unspecified atom stereocenters. The number of rotatable bonds is 1. The molecule has 1 aliphatic rings. The second kappa shape index (κ2) is 4.37. The molecule has 18 heavy (non-hydrogen) atoms. The molecule has 90 valence electrons. The van der Waals surface area contributed by atoms with E-state index >= 15 is 0 Å². The molecule has 0 atom stereocenters. The van der Waals surface area contributed by atoms with Crippen LogP contribution in [-0.4, -0.2) is 10.8 Å². The second-order valence-corrected chi connectivity index (χ2v) is 4.79. The lowest BCUT2D eigenvalue weighted by Crippen LogP contribution is -2.14. The zero-order valence-corrected chi connectivity index (χ0v) is 10.4. The summed E-state index contributed by atoms with van der Waals surface area (Å²) < 4.78 is 0. The summed E-state index contributed by atoms with van der Waals surface area (Å²) in [6.45, 7) is 2.01. The molecule has 2 heteroatoms. The van der Waals surface area contributed by atoms with E-state index < -0.39 is 0 Å². The van der Waals surface area contributed by atoms with Crippen LogP contribution in [0.1, 0.15) is 34.5 Å². The van der Waals surface area contributed by atoms with Gasteiger partial charge in [0.15, 0.2) is 5.78 Å². The van der Waals surface area contributed by atoms with Gasteiger partial charge >= 0.3 is 0 Å². The van der Waals surface area contributed by atoms with Crippen LogP contribution in [0.25, 0.3) is 11.3 Å². The molecular formula is C16H15NO. The third-order valence-corrected chi connectivity index (χ3v) is 3.46. The Morgan fingerprint density at radius 2 is 1.89 bits per heavy atom. The number of fused-ring (bicyclic) bond motifs is 1. The van der Waals surface area contributed by atoms with Crippen LogP contribution in [0.4, 0.5) is 0 Å². The first-order chi connectivity index (χ1) is 8.75. The highest BCUT2D eigenvalue weighted by atomic mass is 16.1. The van der Waals surface area contributed by atoms with E-state index in [0.717, 1.165) is 40.9 Å². The van der Waals surface area contributed by atoms with Crippen molar-refractivity contribution in [2.24, 2.45) is 0 Å². The van der Waals surface area contributed by atoms with Crippen LogP contribution in [0, 0.1) is 6.92 Å². The number of aromatic nitrogens is 1. The summed E-state index contributed by atoms with van der Waals surface area (Å²) in [5.41, 5.74) is 4.98. The first-order valence-electron chi connectivity index (χ1n) is 6.35. The van der Waals surface area contributed by atoms with Gasteiger partial charge in [-0.1, -0.05) is 30.3 Å². The first-order valence-corrected chi connectivity index (χ1v) is 6.35. The maximum atomic E-state index is 11.9. The van der Waals surface area contributed by atoms with Crippen molar-refractivity contribution in [1.82, 2.24) is 4.98 Å². The number of carbonyl (C=O) groups is 1. The number of pyridine rings is 1. The van der Waals surface area contributed by atoms with Gasteiger partial charge in [0, 0.05) is 17.5 Å². The van der Waals surface area contributed by atoms with E-state index in [1.165, 1.54) is 0 Å². The van der Waals surface area contributed by atoms with Crippen LogP contribution in [0.15, 0.2) is 36.4 Å². The molecule has 1 heterocycles. The molecule has 0 spiro atoms. The Bertz CT molecular complexity index is 602. The number of benzene rings is 1. The maximum absolute atomic E-state index is 11.9. The summed E-state index contributed by atoms with van der Waals surface area (Å²) in [7, 11) is 0. The zero-order chi connectivity index (χ0) is 12.5. The zero-order valence-electron chi connectivity index (χ0n) is 10.4. The smallest absolute Gasteiger partial charge is 0.164 e. The molecule has 0 saturated carbocycles. The summed E-state index contributed by atoms with van der Waals surface area (Å²) in [5.74, 6) is 0.251. The summed E-state index contributed by atoms with van der Waals surface area (Å²) in [5, 5.41) is 0. The molecule has 0 bridgehead atoms. The van der Waals surface area contributed by atoms with E-state index in [0.29, 0.717) is 6.42 Å². The Morgan fingerprint density at radius 1 is 1.11 bits per heavy atom. The van der Waals surface area contributed by atoms with Gasteiger partial charge < -0.3 is 0 Å². The average Bonchev–Trinajstić information content (AvgIpc) is 2.39. The third-order valence-electron chi connectivity index (χ3n) is 3.46. The summed E-state index contributed by atoms with van der Waals surface area (Å²) in [6.07, 6.45) is 2.51. The highest BCUT2D eigenvalue weighted by molar-refractivity contribution is 5.99. The van der Waals surface area contributed by atoms with Crippen molar-refractivity contribution in [2.45, 2.75) is 26.2 Å². The second-order valence-electron chi connectivity index (χ2n) is 4.79. The summed E-state index contributed by atoms with van der Waals surface area (Å²) >= 11 is 0. The predicted octanol–water partition coefficient (Wildman–Crippen LogP) is 3.58. The minimum Gasteiger partial charge on any atom is -0.294 e. The number of ketones is 1. The van der Waals surface area contributed by atoms with Crippen molar-refractivity contribution in [2.75, 3.05) is 0 Å². The number of hydrogen-bond acceptors (Lipinski definition) is 2. The lowest BCUT2D eigenvalue weighted by Gasteiger charge is -2.17. The van der Waals surface area contributed by atoms with E-state index in [-0.39, 0.29) is 5.78 Å². The molecule has 1 aromatic heterocycles. The molecule has 0 radical (unpaired) electrons. The molecule has 0 N–H and O–H groups in total. The normalized spacial score (nSPS) is 14.4. The highest BCUT2D eigenvalue weighted by Gasteiger charge is 2.21. The molecule has 0 fully saturated rings. The van der Waals surface area contributed by atoms with Crippen molar-refractivity contribution in [3.63, 3.8) is 0 Å². The number of nitrogens with zero attached hydrogens (tertiary/aromatic N) is 1. The fourth-order valence-corrected chi connectivity index (χ4v) is 2.60. The highest BCUT2D eigenvalue weighted by Crippen LogP contribution is 2.27. The van der Waals surface area contributed by atoms with E-state index in [9.17, 15) is 4.79 Å². The van der Waals surface area contributed by atoms with Gasteiger partial charge in [0.1, 0.15) is 0 Å². The van der Waals surface area contributed by atoms with Gasteiger partial charge in [0.2, 0.25) is 0 Å². The molecule has 3 rings (SSSR count). The SMILES string of the molecule is Cc1cc(-c2ccccc2)nc2c1C(=O)CCC2. The van der Waals surface area contributed by atoms with Gasteiger partial charge in [0.25, 0.3) is 0 Å². The van der Waals surface area contributed by atoms with Gasteiger partial charge in [-0.15, -0.1) is 0 Å². The van der Waals surface area contributed by atoms with Crippen molar-refractivity contribution in [3.8, 4) is 11.3 Å². The maximum Gasteiger partial charge on any atom is 0.164 e. The lowest BCUT2D eigenvalue weighted by atomic mass is 9.90. The van der Waals surface area contributed by atoms with Crippen molar-refractivity contribution in [3.05, 3.63) is 53.2 Å². The van der Waals surface area contributed by atoms with Gasteiger partial charge in [-0.05, 0) is 31.4 Å². The Hall–Kier alpha value is -1.96. The van der Waals surface area contributed by atoms with Crippen LogP contribution >= 0.6 is 0 Å². The van der Waals surface area contributed by atoms with E-state index in [1.807, 2.05) is 31.2 Å². The van der Waals surface area contributed by atoms with Gasteiger partial charge in [-0.25, -0.2) is 0 Å². The Morgan fingerprint density at radius 3 is 2.67 bits per heavy atom. The standard InChI is InChI=1S/C16H15NO/c1-11-10-14(12-6-3-2-4-7-12)17-13-8-5-9-15(18)16(11)13/h2-4,6-7,10H,5,8-9H2,1H3. The average molecular weight is 237 g/mol. The van der Waals surface area contributed by atoms with Gasteiger partial charge in [-0.3, -0.25) is 9.78 Å². The molecule has 2 nitrogen and oxygen atoms in total. The first kappa shape index (κ1) is 11.1. The van der Waals surface area contributed by atoms with E-state index in [1.54, 1.807) is 0 Å². The molecule has 0 aliphatic heterocycles. The van der Waals surface area contributed by atoms with Crippen LogP contribution in [0.2, 0.25) is 0 Å². The Labute approximate surface area is 107 Å². The van der Waals surface area contributed by atoms with Gasteiger partial charge in [-0.2, -0.15) is 0 Å². The van der Waals surface area contributed by atoms with Gasteiger partial charge in [0.05, 0.1) is 11.4 Å². The monoisotopic (exact) mass is 237 g/mol. The molecule has 2 aromatic rings.